The first kappa shape index (κ1) is 24.0. The third kappa shape index (κ3) is 7.85. The zero-order chi connectivity index (χ0) is 22.1. The average molecular weight is 430 g/mol. The molecule has 3 rings (SSSR count). The van der Waals surface area contributed by atoms with Gasteiger partial charge in [-0.2, -0.15) is 13.2 Å². The highest BCUT2D eigenvalue weighted by Gasteiger charge is 2.38. The molecule has 9 heteroatoms. The Morgan fingerprint density at radius 2 is 1.70 bits per heavy atom. The summed E-state index contributed by atoms with van der Waals surface area (Å²) in [5.74, 6) is -1.000. The number of aliphatic carboxylic acids is 1. The summed E-state index contributed by atoms with van der Waals surface area (Å²) >= 11 is 0. The number of benzene rings is 1. The van der Waals surface area contributed by atoms with Crippen LogP contribution in [-0.2, 0) is 16.0 Å². The number of alkyl halides is 3. The van der Waals surface area contributed by atoms with Crippen LogP contribution in [-0.4, -0.2) is 72.8 Å². The first-order valence-corrected chi connectivity index (χ1v) is 10.1. The van der Waals surface area contributed by atoms with Crippen LogP contribution < -0.4 is 4.74 Å². The van der Waals surface area contributed by atoms with E-state index in [-0.39, 0.29) is 5.91 Å². The Bertz CT molecular complexity index is 688. The molecule has 0 saturated carbocycles. The van der Waals surface area contributed by atoms with Crippen molar-refractivity contribution in [3.63, 3.8) is 0 Å². The summed E-state index contributed by atoms with van der Waals surface area (Å²) in [6.45, 7) is 5.52. The number of carbonyl (C=O) groups excluding carboxylic acids is 1. The average Bonchev–Trinajstić information content (AvgIpc) is 3.21. The number of ether oxygens (including phenoxy) is 1. The van der Waals surface area contributed by atoms with E-state index in [2.05, 4.69) is 9.80 Å². The van der Waals surface area contributed by atoms with Crippen LogP contribution in [0.1, 0.15) is 31.2 Å². The Labute approximate surface area is 174 Å². The van der Waals surface area contributed by atoms with E-state index in [1.165, 1.54) is 38.9 Å². The molecule has 168 valence electrons. The number of carbonyl (C=O) groups is 2. The van der Waals surface area contributed by atoms with E-state index in [9.17, 15) is 18.0 Å². The van der Waals surface area contributed by atoms with Gasteiger partial charge in [-0.3, -0.25) is 4.79 Å². The lowest BCUT2D eigenvalue weighted by atomic mass is 9.97. The Morgan fingerprint density at radius 1 is 1.10 bits per heavy atom. The number of piperidine rings is 1. The number of hydrogen-bond acceptors (Lipinski definition) is 4. The van der Waals surface area contributed by atoms with Crippen molar-refractivity contribution in [2.45, 2.75) is 38.3 Å². The van der Waals surface area contributed by atoms with Gasteiger partial charge in [0.25, 0.3) is 0 Å². The van der Waals surface area contributed by atoms with Crippen molar-refractivity contribution in [3.05, 3.63) is 29.8 Å². The van der Waals surface area contributed by atoms with Crippen LogP contribution in [0.5, 0.6) is 5.75 Å². The molecule has 0 spiro atoms. The van der Waals surface area contributed by atoms with Gasteiger partial charge >= 0.3 is 12.1 Å². The summed E-state index contributed by atoms with van der Waals surface area (Å²) < 4.78 is 36.9. The summed E-state index contributed by atoms with van der Waals surface area (Å²) in [6.07, 6.45) is 0.510. The van der Waals surface area contributed by atoms with Crippen LogP contribution in [0.4, 0.5) is 13.2 Å². The second-order valence-corrected chi connectivity index (χ2v) is 7.68. The molecule has 0 aromatic heterocycles. The van der Waals surface area contributed by atoms with Crippen molar-refractivity contribution < 1.29 is 32.6 Å². The molecule has 30 heavy (non-hydrogen) atoms. The largest absolute Gasteiger partial charge is 0.497 e. The van der Waals surface area contributed by atoms with Crippen LogP contribution in [0.3, 0.4) is 0 Å². The Morgan fingerprint density at radius 3 is 2.23 bits per heavy atom. The highest BCUT2D eigenvalue weighted by atomic mass is 19.4. The molecule has 2 aliphatic rings. The van der Waals surface area contributed by atoms with Gasteiger partial charge in [0.2, 0.25) is 5.91 Å². The van der Waals surface area contributed by atoms with Gasteiger partial charge in [-0.1, -0.05) is 12.1 Å². The zero-order valence-corrected chi connectivity index (χ0v) is 17.2. The number of carboxylic acids is 1. The maximum atomic E-state index is 12.6. The molecule has 2 aliphatic heterocycles. The van der Waals surface area contributed by atoms with Gasteiger partial charge in [0, 0.05) is 19.6 Å². The lowest BCUT2D eigenvalue weighted by molar-refractivity contribution is -0.192. The van der Waals surface area contributed by atoms with Crippen LogP contribution in [0.25, 0.3) is 0 Å². The summed E-state index contributed by atoms with van der Waals surface area (Å²) in [4.78, 5) is 26.1. The first-order valence-electron chi connectivity index (χ1n) is 10.1. The molecule has 1 aromatic carbocycles. The fourth-order valence-corrected chi connectivity index (χ4v) is 3.80. The molecule has 1 atom stereocenters. The molecular formula is C21H29F3N2O4. The van der Waals surface area contributed by atoms with Crippen LogP contribution in [0, 0.1) is 5.92 Å². The molecule has 2 heterocycles. The minimum atomic E-state index is -5.08. The number of hydrogen-bond donors (Lipinski definition) is 1. The molecule has 1 aromatic rings. The second-order valence-electron chi connectivity index (χ2n) is 7.68. The van der Waals surface area contributed by atoms with Gasteiger partial charge < -0.3 is 19.6 Å². The van der Waals surface area contributed by atoms with Crippen molar-refractivity contribution >= 4 is 11.9 Å². The third-order valence-electron chi connectivity index (χ3n) is 5.34. The maximum Gasteiger partial charge on any atom is 0.490 e. The standard InChI is InChI=1S/C19H28N2O2.C2HF3O2/c1-23-18-8-6-16(7-9-18)13-19(22)21-12-4-5-17(15-21)14-20-10-2-3-11-20;3-2(4,5)1(6)7/h6-9,17H,2-5,10-15H2,1H3;(H,6,7). The van der Waals surface area contributed by atoms with Crippen molar-refractivity contribution in [2.75, 3.05) is 39.8 Å². The summed E-state index contributed by atoms with van der Waals surface area (Å²) in [5.41, 5.74) is 1.07. The molecule has 0 bridgehead atoms. The number of likely N-dealkylation sites (tertiary alicyclic amines) is 2. The number of carboxylic acid groups (broad SMARTS) is 1. The van der Waals surface area contributed by atoms with Crippen molar-refractivity contribution in [1.29, 1.82) is 0 Å². The van der Waals surface area contributed by atoms with Gasteiger partial charge in [0.1, 0.15) is 5.75 Å². The van der Waals surface area contributed by atoms with E-state index in [1.54, 1.807) is 7.11 Å². The summed E-state index contributed by atoms with van der Waals surface area (Å²) in [5, 5.41) is 7.12. The molecular weight excluding hydrogens is 401 g/mol. The van der Waals surface area contributed by atoms with Gasteiger partial charge in [0.15, 0.2) is 0 Å². The molecule has 1 amide bonds. The SMILES string of the molecule is COc1ccc(CC(=O)N2CCCC(CN3CCCC3)C2)cc1.O=C(O)C(F)(F)F. The minimum Gasteiger partial charge on any atom is -0.497 e. The van der Waals surface area contributed by atoms with E-state index in [0.29, 0.717) is 12.3 Å². The zero-order valence-electron chi connectivity index (χ0n) is 17.2. The van der Waals surface area contributed by atoms with Crippen molar-refractivity contribution in [3.8, 4) is 5.75 Å². The number of methoxy groups -OCH3 is 1. The lowest BCUT2D eigenvalue weighted by Crippen LogP contribution is -2.43. The molecule has 2 saturated heterocycles. The molecule has 0 radical (unpaired) electrons. The Hall–Kier alpha value is -2.29. The minimum absolute atomic E-state index is 0.265. The van der Waals surface area contributed by atoms with Crippen molar-refractivity contribution in [2.24, 2.45) is 5.92 Å². The highest BCUT2D eigenvalue weighted by Crippen LogP contribution is 2.21. The van der Waals surface area contributed by atoms with E-state index in [4.69, 9.17) is 14.6 Å². The van der Waals surface area contributed by atoms with E-state index in [0.717, 1.165) is 30.8 Å². The van der Waals surface area contributed by atoms with Crippen LogP contribution >= 0.6 is 0 Å². The predicted molar refractivity (Wildman–Crippen MR) is 105 cm³/mol. The van der Waals surface area contributed by atoms with Crippen LogP contribution in [0.2, 0.25) is 0 Å². The predicted octanol–water partition coefficient (Wildman–Crippen LogP) is 3.21. The van der Waals surface area contributed by atoms with E-state index >= 15 is 0 Å². The molecule has 6 nitrogen and oxygen atoms in total. The fourth-order valence-electron chi connectivity index (χ4n) is 3.80. The third-order valence-corrected chi connectivity index (χ3v) is 5.34. The first-order chi connectivity index (χ1) is 14.2. The quantitative estimate of drug-likeness (QED) is 0.777. The van der Waals surface area contributed by atoms with Crippen LogP contribution in [0.15, 0.2) is 24.3 Å². The smallest absolute Gasteiger partial charge is 0.490 e. The number of amides is 1. The number of rotatable bonds is 5. The van der Waals surface area contributed by atoms with Gasteiger partial charge in [0.05, 0.1) is 13.5 Å². The molecule has 1 unspecified atom stereocenters. The fraction of sp³-hybridized carbons (Fsp3) is 0.619. The summed E-state index contributed by atoms with van der Waals surface area (Å²) in [7, 11) is 1.66. The number of halogens is 3. The monoisotopic (exact) mass is 430 g/mol. The molecule has 1 N–H and O–H groups in total. The topological polar surface area (TPSA) is 70.1 Å². The Balaban J connectivity index is 0.000000396. The maximum absolute atomic E-state index is 12.6. The number of nitrogens with zero attached hydrogens (tertiary/aromatic N) is 2. The van der Waals surface area contributed by atoms with E-state index < -0.39 is 12.1 Å². The lowest BCUT2D eigenvalue weighted by Gasteiger charge is -2.34. The van der Waals surface area contributed by atoms with E-state index in [1.807, 2.05) is 24.3 Å². The molecule has 0 aliphatic carbocycles. The normalized spacial score (nSPS) is 19.7. The molecule has 2 fully saturated rings. The summed E-state index contributed by atoms with van der Waals surface area (Å²) in [6, 6.07) is 7.83. The van der Waals surface area contributed by atoms with Crippen molar-refractivity contribution in [1.82, 2.24) is 9.80 Å². The van der Waals surface area contributed by atoms with Gasteiger partial charge in [-0.25, -0.2) is 4.79 Å². The highest BCUT2D eigenvalue weighted by molar-refractivity contribution is 5.79. The van der Waals surface area contributed by atoms with Gasteiger partial charge in [-0.15, -0.1) is 0 Å². The van der Waals surface area contributed by atoms with Gasteiger partial charge in [-0.05, 0) is 62.4 Å². The second kappa shape index (κ2) is 11.2. The Kier molecular flexibility index (Phi) is 8.95.